The monoisotopic (exact) mass is 1840 g/mol. The molecule has 678 valence electrons. The second kappa shape index (κ2) is 39.4. The summed E-state index contributed by atoms with van der Waals surface area (Å²) in [4.78, 5) is 110. The fourth-order valence-electron chi connectivity index (χ4n) is 17.4. The first-order chi connectivity index (χ1) is 69.1. The molecule has 0 amide bonds. The number of aryl methyl sites for hydroxylation is 1. The molecule has 0 spiro atoms. The number of ether oxygens (including phenoxy) is 1. The number of aromatic nitrogens is 10. The predicted molar refractivity (Wildman–Crippen MR) is 543 cm³/mol. The van der Waals surface area contributed by atoms with Crippen LogP contribution in [0.1, 0.15) is 36.6 Å². The fourth-order valence-corrected chi connectivity index (χ4v) is 17.4. The number of nitrogens with one attached hydrogen (secondary N) is 5. The van der Waals surface area contributed by atoms with Crippen LogP contribution in [0.5, 0.6) is 0 Å². The number of fused-ring (bicyclic) bond motifs is 9. The van der Waals surface area contributed by atoms with Crippen molar-refractivity contribution in [1.29, 1.82) is 0 Å². The summed E-state index contributed by atoms with van der Waals surface area (Å²) in [5, 5.41) is 24.6. The number of carboxylic acid groups (broad SMARTS) is 2. The number of hydrogen-bond acceptors (Lipinski definition) is 16. The van der Waals surface area contributed by atoms with Crippen molar-refractivity contribution in [2.24, 2.45) is 0 Å². The van der Waals surface area contributed by atoms with E-state index >= 15 is 0 Å². The summed E-state index contributed by atoms with van der Waals surface area (Å²) in [5.74, 6) is 1.35. The molecule has 7 N–H and O–H groups in total. The summed E-state index contributed by atoms with van der Waals surface area (Å²) in [6, 6.07) is 129. The van der Waals surface area contributed by atoms with Crippen molar-refractivity contribution in [2.45, 2.75) is 6.92 Å². The van der Waals surface area contributed by atoms with Crippen LogP contribution >= 0.6 is 0 Å². The molecule has 8 aromatic heterocycles. The highest BCUT2D eigenvalue weighted by Gasteiger charge is 2.26. The van der Waals surface area contributed by atoms with Gasteiger partial charge < -0.3 is 53.1 Å². The lowest BCUT2D eigenvalue weighted by molar-refractivity contribution is -0.193. The summed E-state index contributed by atoms with van der Waals surface area (Å²) in [6.07, 6.45) is 0.500. The van der Waals surface area contributed by atoms with Crippen molar-refractivity contribution in [1.82, 2.24) is 49.8 Å². The van der Waals surface area contributed by atoms with Gasteiger partial charge in [-0.05, 0) is 140 Å². The van der Waals surface area contributed by atoms with Gasteiger partial charge in [-0.2, -0.15) is 19.2 Å². The molecule has 0 radical (unpaired) electrons. The molecule has 0 saturated heterocycles. The van der Waals surface area contributed by atoms with Crippen LogP contribution < -0.4 is 0 Å². The van der Waals surface area contributed by atoms with Gasteiger partial charge in [0, 0.05) is 116 Å². The fraction of sp³-hybridized carbons (Fsp3) is 0.0169. The smallest absolute Gasteiger partial charge is 0.373 e. The van der Waals surface area contributed by atoms with Crippen LogP contribution in [0, 0.1) is 6.92 Å². The van der Waals surface area contributed by atoms with E-state index in [1.54, 1.807) is 60.7 Å². The first kappa shape index (κ1) is 89.0. The molecule has 16 aromatic carbocycles. The Labute approximate surface area is 802 Å². The zero-order valence-corrected chi connectivity index (χ0v) is 75.1. The van der Waals surface area contributed by atoms with Gasteiger partial charge in [-0.25, -0.2) is 39.3 Å². The van der Waals surface area contributed by atoms with Gasteiger partial charge in [0.15, 0.2) is 0 Å². The number of para-hydroxylation sites is 1. The molecule has 0 bridgehead atoms. The summed E-state index contributed by atoms with van der Waals surface area (Å²) >= 11 is 0. The van der Waals surface area contributed by atoms with Gasteiger partial charge in [0.2, 0.25) is 0 Å². The Hall–Kier alpha value is -19.9. The Morgan fingerprint density at radius 2 is 0.440 bits per heavy atom. The first-order valence-electron chi connectivity index (χ1n) is 44.7. The highest BCUT2D eigenvalue weighted by atomic mass is 16.5. The minimum absolute atomic E-state index is 0.225. The number of carbonyl (C=O) groups excluding carboxylic acids is 5. The van der Waals surface area contributed by atoms with Gasteiger partial charge in [-0.1, -0.05) is 266 Å². The molecule has 23 heteroatoms. The molecular weight excluding hydrogens is 1770 g/mol. The van der Waals surface area contributed by atoms with Crippen molar-refractivity contribution in [3.63, 3.8) is 0 Å². The molecule has 0 aliphatic heterocycles. The molecule has 0 saturated carbocycles. The lowest BCUT2D eigenvalue weighted by atomic mass is 10.0. The van der Waals surface area contributed by atoms with Crippen molar-refractivity contribution in [3.8, 4) is 170 Å². The molecule has 23 nitrogen and oxygen atoms in total. The Balaban J connectivity index is 0.000000129. The van der Waals surface area contributed by atoms with E-state index < -0.39 is 11.9 Å². The Morgan fingerprint density at radius 1 is 0.241 bits per heavy atom. The van der Waals surface area contributed by atoms with Crippen LogP contribution in [0.15, 0.2) is 408 Å². The number of esters is 1. The highest BCUT2D eigenvalue weighted by molar-refractivity contribution is 6.11. The lowest BCUT2D eigenvalue weighted by Crippen LogP contribution is -2.00. The van der Waals surface area contributed by atoms with E-state index in [0.717, 1.165) is 218 Å². The maximum atomic E-state index is 12.1. The number of rotatable bonds is 18. The average Bonchev–Trinajstić information content (AvgIpc) is 1.60. The number of carbonyl (C=O) groups is 3. The average molecular weight is 1840 g/mol. The molecular formula is C118H78N10O13. The number of aromatic amines is 5. The Morgan fingerprint density at radius 3 is 0.688 bits per heavy atom. The molecule has 0 aliphatic rings. The van der Waals surface area contributed by atoms with E-state index in [9.17, 15) is 24.6 Å². The lowest BCUT2D eigenvalue weighted by Gasteiger charge is -2.04. The van der Waals surface area contributed by atoms with E-state index in [4.69, 9.17) is 62.1 Å². The number of imidazole rings is 5. The Bertz CT molecular complexity index is 8810. The van der Waals surface area contributed by atoms with Crippen LogP contribution in [-0.2, 0) is 23.9 Å². The number of carboxylic acids is 2. The van der Waals surface area contributed by atoms with Crippen LogP contribution in [0.25, 0.3) is 235 Å². The van der Waals surface area contributed by atoms with Crippen LogP contribution in [0.4, 0.5) is 0 Å². The topological polar surface area (TPSA) is 352 Å². The number of methoxy groups -OCH3 is 1. The zero-order valence-electron chi connectivity index (χ0n) is 75.1. The number of benzene rings is 16. The SMILES string of the molecule is COC(=O)c1ccc(-c2nc(-c3ccc4oc5ccc(-c6nc(-c7ccc(C)cc7)[nH]c6-c6ccccc6)cc5c4c3)c(-c3ccccc3)[nH]2)cc1.O=C(O)c1ccc(-c2nc(-c3ccc4oc5ccc(-c6nc(-c7ccccc7)[nH]c6-c6ccccc6)cc5c4c3)c(-c3ccccc3)[nH]2)cc1.O=C(O)c1ccc(-c2nc(-c3ccc4oc5ccccc5c4c3)c(-c3ccccc3)[nH]2)cc1.O=C=O.O=C=O. The van der Waals surface area contributed by atoms with E-state index in [0.29, 0.717) is 23.0 Å². The second-order valence-corrected chi connectivity index (χ2v) is 33.0. The van der Waals surface area contributed by atoms with Crippen molar-refractivity contribution < 1.29 is 61.8 Å². The summed E-state index contributed by atoms with van der Waals surface area (Å²) in [7, 11) is 1.38. The van der Waals surface area contributed by atoms with Gasteiger partial charge in [0.25, 0.3) is 0 Å². The number of hydrogen-bond donors (Lipinski definition) is 7. The van der Waals surface area contributed by atoms with E-state index in [2.05, 4.69) is 153 Å². The van der Waals surface area contributed by atoms with Gasteiger partial charge in [-0.15, -0.1) is 0 Å². The highest BCUT2D eigenvalue weighted by Crippen LogP contribution is 2.45. The van der Waals surface area contributed by atoms with Crippen molar-refractivity contribution >= 4 is 96.0 Å². The third-order valence-electron chi connectivity index (χ3n) is 24.3. The largest absolute Gasteiger partial charge is 0.478 e. The van der Waals surface area contributed by atoms with Gasteiger partial charge in [-0.3, -0.25) is 0 Å². The van der Waals surface area contributed by atoms with Crippen LogP contribution in [0.3, 0.4) is 0 Å². The number of nitrogens with zero attached hydrogens (tertiary/aromatic N) is 5. The molecule has 0 atom stereocenters. The normalized spacial score (nSPS) is 11.0. The molecule has 24 aromatic rings. The third kappa shape index (κ3) is 18.4. The van der Waals surface area contributed by atoms with Crippen molar-refractivity contribution in [2.75, 3.05) is 7.11 Å². The van der Waals surface area contributed by atoms with Crippen LogP contribution in [0.2, 0.25) is 0 Å². The maximum Gasteiger partial charge on any atom is 0.373 e. The Kier molecular flexibility index (Phi) is 24.9. The van der Waals surface area contributed by atoms with E-state index in [-0.39, 0.29) is 29.4 Å². The third-order valence-corrected chi connectivity index (χ3v) is 24.3. The van der Waals surface area contributed by atoms with Gasteiger partial charge in [0.05, 0.1) is 80.7 Å². The van der Waals surface area contributed by atoms with E-state index in [1.807, 2.05) is 212 Å². The van der Waals surface area contributed by atoms with Crippen LogP contribution in [-0.4, -0.2) is 97.4 Å². The molecule has 141 heavy (non-hydrogen) atoms. The number of furan rings is 3. The van der Waals surface area contributed by atoms with E-state index in [1.165, 1.54) is 12.7 Å². The van der Waals surface area contributed by atoms with Crippen molar-refractivity contribution in [3.05, 3.63) is 417 Å². The molecule has 0 aliphatic carbocycles. The molecule has 24 rings (SSSR count). The quantitative estimate of drug-likeness (QED) is 0.0392. The zero-order chi connectivity index (χ0) is 96.6. The molecule has 0 fully saturated rings. The summed E-state index contributed by atoms with van der Waals surface area (Å²) in [5.41, 5.74) is 30.1. The minimum atomic E-state index is -0.967. The predicted octanol–water partition coefficient (Wildman–Crippen LogP) is 27.7. The number of aromatic carboxylic acids is 2. The van der Waals surface area contributed by atoms with Gasteiger partial charge in [0.1, 0.15) is 62.6 Å². The maximum absolute atomic E-state index is 12.1. The minimum Gasteiger partial charge on any atom is -0.478 e. The van der Waals surface area contributed by atoms with Gasteiger partial charge >= 0.3 is 30.2 Å². The second-order valence-electron chi connectivity index (χ2n) is 33.0. The molecule has 8 heterocycles. The molecule has 0 unspecified atom stereocenters. The first-order valence-corrected chi connectivity index (χ1v) is 44.7. The summed E-state index contributed by atoms with van der Waals surface area (Å²) in [6.45, 7) is 2.09. The summed E-state index contributed by atoms with van der Waals surface area (Å²) < 4.78 is 23.6. The number of H-pyrrole nitrogens is 5. The standard InChI is InChI=1S/C45H32N4O3.C43H28N4O3.C28H18N2O3.2CO2/c1-27-13-15-30(16-14-27)43-46-39(28-9-5-3-6-10-28)41(48-43)33-21-23-37-35(25-33)36-26-34(22-24-38(36)52-37)42-40(29-11-7-4-8-12-29)47-44(49-42)31-17-19-32(20-18-31)45(50)51-2;48-43(49)30-18-16-29(17-19-30)42-45-38(27-12-6-2-7-13-27)40(47-42)32-21-23-36-34(25-32)33-24-31(20-22-35(33)50-36)39-37(26-10-4-1-5-11-26)44-41(46-39)28-14-8-3-9-15-28;31-28(32)19-12-10-18(11-13-19)27-29-25(17-6-2-1-3-7-17)26(30-27)20-14-15-24-22(16-20)21-8-4-5-9-23(21)33-24;2*2-1-3/h3-26H,1-2H3,(H,46,48)(H,47,49);1-25H,(H,44,46)(H,45,47)(H,48,49);1-16H,(H,29,30)(H,31,32);;.